The molecule has 0 unspecified atom stereocenters. The van der Waals surface area contributed by atoms with Crippen LogP contribution in [0.15, 0.2) is 91.1 Å². The molecular weight excluding hydrogens is 528 g/mol. The third-order valence-corrected chi connectivity index (χ3v) is 7.74. The molecule has 6 aromatic rings. The number of aromatic nitrogens is 3. The first-order valence-corrected chi connectivity index (χ1v) is 14.0. The van der Waals surface area contributed by atoms with Crippen molar-refractivity contribution in [3.8, 4) is 0 Å². The van der Waals surface area contributed by atoms with Crippen LogP contribution in [0.4, 0.5) is 0 Å². The summed E-state index contributed by atoms with van der Waals surface area (Å²) in [5, 5.41) is 6.45. The van der Waals surface area contributed by atoms with Gasteiger partial charge in [0.2, 0.25) is 0 Å². The van der Waals surface area contributed by atoms with Crippen molar-refractivity contribution in [2.45, 2.75) is 25.4 Å². The van der Waals surface area contributed by atoms with Crippen molar-refractivity contribution in [1.29, 1.82) is 0 Å². The molecule has 0 saturated heterocycles. The summed E-state index contributed by atoms with van der Waals surface area (Å²) in [6, 6.07) is 27.7. The highest BCUT2D eigenvalue weighted by Gasteiger charge is 2.23. The van der Waals surface area contributed by atoms with E-state index in [0.717, 1.165) is 49.5 Å². The second-order valence-electron chi connectivity index (χ2n) is 10.3. The molecular formula is C34H32N4O4. The molecule has 6 rings (SSSR count). The van der Waals surface area contributed by atoms with E-state index in [-0.39, 0.29) is 11.7 Å². The number of rotatable bonds is 10. The molecule has 0 fully saturated rings. The number of hydrogen-bond acceptors (Lipinski definition) is 6. The molecule has 2 N–H and O–H groups in total. The number of aromatic amines is 1. The average Bonchev–Trinajstić information content (AvgIpc) is 3.59. The fourth-order valence-corrected chi connectivity index (χ4v) is 5.73. The van der Waals surface area contributed by atoms with Gasteiger partial charge in [-0.3, -0.25) is 4.79 Å². The van der Waals surface area contributed by atoms with Gasteiger partial charge in [-0.25, -0.2) is 9.78 Å². The number of carbonyl (C=O) groups excluding carboxylic acids is 2. The van der Waals surface area contributed by atoms with Crippen molar-refractivity contribution in [2.75, 3.05) is 20.8 Å². The van der Waals surface area contributed by atoms with Crippen LogP contribution in [-0.4, -0.2) is 53.3 Å². The molecule has 8 heteroatoms. The maximum absolute atomic E-state index is 12.8. The molecule has 3 heterocycles. The number of esters is 2. The van der Waals surface area contributed by atoms with Gasteiger partial charge in [0.15, 0.2) is 0 Å². The predicted molar refractivity (Wildman–Crippen MR) is 164 cm³/mol. The van der Waals surface area contributed by atoms with E-state index in [1.165, 1.54) is 14.2 Å². The molecule has 0 spiro atoms. The second kappa shape index (κ2) is 11.9. The molecule has 212 valence electrons. The first-order chi connectivity index (χ1) is 20.6. The van der Waals surface area contributed by atoms with Crippen LogP contribution in [0.1, 0.15) is 27.3 Å². The van der Waals surface area contributed by atoms with E-state index >= 15 is 0 Å². The third-order valence-electron chi connectivity index (χ3n) is 7.74. The summed E-state index contributed by atoms with van der Waals surface area (Å²) in [7, 11) is 2.76. The fraction of sp³-hybridized carbons (Fsp3) is 0.206. The topological polar surface area (TPSA) is 98.2 Å². The number of H-pyrrole nitrogens is 1. The van der Waals surface area contributed by atoms with Crippen LogP contribution in [0, 0.1) is 0 Å². The molecule has 0 aliphatic rings. The van der Waals surface area contributed by atoms with E-state index < -0.39 is 12.0 Å². The van der Waals surface area contributed by atoms with Gasteiger partial charge in [0, 0.05) is 59.3 Å². The molecule has 0 aliphatic heterocycles. The average molecular weight is 561 g/mol. The minimum Gasteiger partial charge on any atom is -0.468 e. The Bertz CT molecular complexity index is 1890. The minimum atomic E-state index is -0.552. The van der Waals surface area contributed by atoms with Gasteiger partial charge in [-0.15, -0.1) is 0 Å². The summed E-state index contributed by atoms with van der Waals surface area (Å²) in [4.78, 5) is 33.5. The summed E-state index contributed by atoms with van der Waals surface area (Å²) in [5.74, 6) is -0.822. The van der Waals surface area contributed by atoms with Gasteiger partial charge in [-0.1, -0.05) is 66.7 Å². The predicted octanol–water partition coefficient (Wildman–Crippen LogP) is 5.42. The van der Waals surface area contributed by atoms with E-state index in [1.54, 1.807) is 0 Å². The summed E-state index contributed by atoms with van der Waals surface area (Å²) in [6.07, 6.45) is 2.89. The third kappa shape index (κ3) is 5.24. The lowest BCUT2D eigenvalue weighted by molar-refractivity contribution is -0.143. The maximum atomic E-state index is 12.8. The Balaban J connectivity index is 1.36. The molecule has 0 bridgehead atoms. The zero-order valence-corrected chi connectivity index (χ0v) is 23.6. The Morgan fingerprint density at radius 3 is 2.43 bits per heavy atom. The number of nitrogens with one attached hydrogen (secondary N) is 2. The van der Waals surface area contributed by atoms with E-state index in [2.05, 4.69) is 39.1 Å². The highest BCUT2D eigenvalue weighted by atomic mass is 16.5. The Labute approximate surface area is 243 Å². The number of hydrogen-bond donors (Lipinski definition) is 2. The number of methoxy groups -OCH3 is 2. The summed E-state index contributed by atoms with van der Waals surface area (Å²) < 4.78 is 12.5. The molecule has 0 saturated carbocycles. The van der Waals surface area contributed by atoms with Crippen LogP contribution < -0.4 is 5.32 Å². The lowest BCUT2D eigenvalue weighted by Gasteiger charge is -2.17. The summed E-state index contributed by atoms with van der Waals surface area (Å²) in [6.45, 7) is 1.09. The molecule has 0 aliphatic carbocycles. The van der Waals surface area contributed by atoms with Gasteiger partial charge in [-0.05, 0) is 29.3 Å². The molecule has 0 amide bonds. The number of nitrogens with zero attached hydrogens (tertiary/aromatic N) is 2. The van der Waals surface area contributed by atoms with Gasteiger partial charge < -0.3 is 24.3 Å². The minimum absolute atomic E-state index is 0.255. The van der Waals surface area contributed by atoms with Crippen LogP contribution in [0.5, 0.6) is 0 Å². The summed E-state index contributed by atoms with van der Waals surface area (Å²) >= 11 is 0. The highest BCUT2D eigenvalue weighted by Crippen LogP contribution is 2.32. The van der Waals surface area contributed by atoms with Crippen molar-refractivity contribution in [1.82, 2.24) is 19.9 Å². The van der Waals surface area contributed by atoms with Gasteiger partial charge >= 0.3 is 11.9 Å². The molecule has 1 atom stereocenters. The largest absolute Gasteiger partial charge is 0.468 e. The normalized spacial score (nSPS) is 12.1. The van der Waals surface area contributed by atoms with Gasteiger partial charge in [0.05, 0.1) is 25.4 Å². The van der Waals surface area contributed by atoms with E-state index in [0.29, 0.717) is 25.9 Å². The second-order valence-corrected chi connectivity index (χ2v) is 10.3. The Morgan fingerprint density at radius 2 is 1.64 bits per heavy atom. The fourth-order valence-electron chi connectivity index (χ4n) is 5.73. The number of benzene rings is 3. The maximum Gasteiger partial charge on any atom is 0.356 e. The monoisotopic (exact) mass is 560 g/mol. The SMILES string of the molecule is COC(=O)c1cc2c3ccccc3n(Cc3ccccc3)c2c(CCN[C@@H](Cc2c[nH]c3ccccc23)C(=O)OC)n1. The highest BCUT2D eigenvalue weighted by molar-refractivity contribution is 6.10. The number of ether oxygens (including phenoxy) is 2. The van der Waals surface area contributed by atoms with Crippen LogP contribution in [0.2, 0.25) is 0 Å². The number of carbonyl (C=O) groups is 2. The molecule has 0 radical (unpaired) electrons. The van der Waals surface area contributed by atoms with Crippen molar-refractivity contribution in [3.63, 3.8) is 0 Å². The van der Waals surface area contributed by atoms with Crippen molar-refractivity contribution >= 4 is 44.6 Å². The van der Waals surface area contributed by atoms with E-state index in [4.69, 9.17) is 14.5 Å². The molecule has 3 aromatic heterocycles. The van der Waals surface area contributed by atoms with Gasteiger partial charge in [0.25, 0.3) is 0 Å². The van der Waals surface area contributed by atoms with E-state index in [9.17, 15) is 9.59 Å². The lowest BCUT2D eigenvalue weighted by Crippen LogP contribution is -2.40. The Hall–Kier alpha value is -4.95. The van der Waals surface area contributed by atoms with Crippen LogP contribution in [0.3, 0.4) is 0 Å². The quantitative estimate of drug-likeness (QED) is 0.217. The number of fused-ring (bicyclic) bond motifs is 4. The Morgan fingerprint density at radius 1 is 0.905 bits per heavy atom. The first kappa shape index (κ1) is 27.2. The number of pyridine rings is 1. The van der Waals surface area contributed by atoms with Crippen LogP contribution in [0.25, 0.3) is 32.7 Å². The molecule has 8 nitrogen and oxygen atoms in total. The van der Waals surface area contributed by atoms with Gasteiger partial charge in [-0.2, -0.15) is 0 Å². The van der Waals surface area contributed by atoms with Crippen molar-refractivity contribution in [3.05, 3.63) is 114 Å². The number of para-hydroxylation sites is 2. The van der Waals surface area contributed by atoms with Crippen molar-refractivity contribution in [2.24, 2.45) is 0 Å². The zero-order chi connectivity index (χ0) is 29.1. The lowest BCUT2D eigenvalue weighted by atomic mass is 10.0. The standard InChI is InChI=1S/C34H32N4O4/c1-41-33(39)29(18-23-20-36-27-14-8-6-12-24(23)27)35-17-16-28-32-26(19-30(37-28)34(40)42-2)25-13-7-9-15-31(25)38(32)21-22-10-4-3-5-11-22/h3-15,19-20,29,35-36H,16-18,21H2,1-2H3/t29-/m0/s1. The molecule has 3 aromatic carbocycles. The summed E-state index contributed by atoms with van der Waals surface area (Å²) in [5.41, 5.74) is 6.24. The Kier molecular flexibility index (Phi) is 7.70. The van der Waals surface area contributed by atoms with E-state index in [1.807, 2.05) is 66.9 Å². The smallest absolute Gasteiger partial charge is 0.356 e. The molecule has 42 heavy (non-hydrogen) atoms. The van der Waals surface area contributed by atoms with Gasteiger partial charge in [0.1, 0.15) is 11.7 Å². The van der Waals surface area contributed by atoms with Crippen LogP contribution in [-0.2, 0) is 33.7 Å². The van der Waals surface area contributed by atoms with Crippen molar-refractivity contribution < 1.29 is 19.1 Å². The first-order valence-electron chi connectivity index (χ1n) is 14.0. The van der Waals surface area contributed by atoms with Crippen LogP contribution >= 0.6 is 0 Å². The zero-order valence-electron chi connectivity index (χ0n) is 23.6.